The number of hydrogen-bond acceptors (Lipinski definition) is 6. The molecule has 1 N–H and O–H groups in total. The Hall–Kier alpha value is -1.45. The van der Waals surface area contributed by atoms with Crippen LogP contribution in [0.3, 0.4) is 0 Å². The van der Waals surface area contributed by atoms with Gasteiger partial charge in [-0.2, -0.15) is 4.31 Å². The summed E-state index contributed by atoms with van der Waals surface area (Å²) >= 11 is 0. The highest BCUT2D eigenvalue weighted by Crippen LogP contribution is 2.15. The smallest absolute Gasteiger partial charge is 0.220 e. The maximum absolute atomic E-state index is 12.4. The molecule has 142 valence electrons. The summed E-state index contributed by atoms with van der Waals surface area (Å²) in [5.41, 5.74) is 1.71. The molecule has 0 bridgehead atoms. The monoisotopic (exact) mass is 373 g/mol. The number of sulfonamides is 1. The Morgan fingerprint density at radius 1 is 1.28 bits per heavy atom. The highest BCUT2D eigenvalue weighted by Gasteiger charge is 2.30. The number of nitrogens with zero attached hydrogens (tertiary/aromatic N) is 2. The first-order valence-corrected chi connectivity index (χ1v) is 10.1. The van der Waals surface area contributed by atoms with Crippen LogP contribution in [0.4, 0.5) is 0 Å². The number of aryl methyl sites for hydroxylation is 2. The molecule has 1 aromatic rings. The number of rotatable bonds is 7. The van der Waals surface area contributed by atoms with E-state index in [9.17, 15) is 13.2 Å². The van der Waals surface area contributed by atoms with Crippen molar-refractivity contribution in [2.75, 3.05) is 25.4 Å². The molecular formula is C16H27N3O5S. The summed E-state index contributed by atoms with van der Waals surface area (Å²) in [6, 6.07) is 0. The normalized spacial score (nSPS) is 22.1. The number of hydrogen-bond donors (Lipinski definition) is 1. The molecule has 0 spiro atoms. The van der Waals surface area contributed by atoms with E-state index in [4.69, 9.17) is 9.26 Å². The van der Waals surface area contributed by atoms with E-state index < -0.39 is 10.0 Å². The minimum atomic E-state index is -3.40. The lowest BCUT2D eigenvalue weighted by atomic mass is 10.1. The van der Waals surface area contributed by atoms with Crippen molar-refractivity contribution in [3.05, 3.63) is 17.0 Å². The molecule has 2 atom stereocenters. The van der Waals surface area contributed by atoms with E-state index in [-0.39, 0.29) is 36.8 Å². The molecule has 9 heteroatoms. The molecule has 2 rings (SSSR count). The molecule has 1 aliphatic heterocycles. The molecule has 0 radical (unpaired) electrons. The van der Waals surface area contributed by atoms with Gasteiger partial charge in [0.25, 0.3) is 0 Å². The second-order valence-electron chi connectivity index (χ2n) is 6.54. The molecule has 2 heterocycles. The highest BCUT2D eigenvalue weighted by molar-refractivity contribution is 7.89. The first-order chi connectivity index (χ1) is 11.7. The SMILES string of the molecule is Cc1noc(C)c1CCC(=O)NCCS(=O)(=O)N1CC(C)OC(C)C1. The third kappa shape index (κ3) is 5.52. The van der Waals surface area contributed by atoms with Gasteiger partial charge in [-0.05, 0) is 34.1 Å². The lowest BCUT2D eigenvalue weighted by Gasteiger charge is -2.34. The number of aromatic nitrogens is 1. The molecule has 1 aliphatic rings. The van der Waals surface area contributed by atoms with Crippen molar-refractivity contribution in [2.45, 2.75) is 52.7 Å². The fourth-order valence-corrected chi connectivity index (χ4v) is 4.48. The predicted molar refractivity (Wildman–Crippen MR) is 92.7 cm³/mol. The average Bonchev–Trinajstić information content (AvgIpc) is 2.83. The van der Waals surface area contributed by atoms with Crippen LogP contribution in [0.25, 0.3) is 0 Å². The summed E-state index contributed by atoms with van der Waals surface area (Å²) in [5, 5.41) is 6.53. The molecule has 2 unspecified atom stereocenters. The summed E-state index contributed by atoms with van der Waals surface area (Å²) in [4.78, 5) is 11.9. The van der Waals surface area contributed by atoms with Crippen molar-refractivity contribution in [1.82, 2.24) is 14.8 Å². The van der Waals surface area contributed by atoms with Crippen molar-refractivity contribution in [2.24, 2.45) is 0 Å². The molecule has 25 heavy (non-hydrogen) atoms. The number of ether oxygens (including phenoxy) is 1. The van der Waals surface area contributed by atoms with Crippen LogP contribution in [0.5, 0.6) is 0 Å². The van der Waals surface area contributed by atoms with Gasteiger partial charge < -0.3 is 14.6 Å². The van der Waals surface area contributed by atoms with E-state index in [0.717, 1.165) is 11.3 Å². The van der Waals surface area contributed by atoms with E-state index in [0.29, 0.717) is 25.3 Å². The van der Waals surface area contributed by atoms with Crippen molar-refractivity contribution in [3.8, 4) is 0 Å². The second kappa shape index (κ2) is 8.29. The molecule has 1 saturated heterocycles. The molecule has 0 saturated carbocycles. The van der Waals surface area contributed by atoms with E-state index in [1.165, 1.54) is 4.31 Å². The molecule has 1 amide bonds. The van der Waals surface area contributed by atoms with E-state index in [2.05, 4.69) is 10.5 Å². The van der Waals surface area contributed by atoms with E-state index in [1.807, 2.05) is 27.7 Å². The third-order valence-corrected chi connectivity index (χ3v) is 6.05. The van der Waals surface area contributed by atoms with Gasteiger partial charge in [-0.15, -0.1) is 0 Å². The number of amides is 1. The quantitative estimate of drug-likeness (QED) is 0.758. The summed E-state index contributed by atoms with van der Waals surface area (Å²) in [6.45, 7) is 8.16. The molecule has 8 nitrogen and oxygen atoms in total. The molecule has 0 aliphatic carbocycles. The van der Waals surface area contributed by atoms with Crippen LogP contribution in [0.1, 0.15) is 37.3 Å². The molecule has 1 aromatic heterocycles. The van der Waals surface area contributed by atoms with Gasteiger partial charge in [0.15, 0.2) is 0 Å². The van der Waals surface area contributed by atoms with Gasteiger partial charge >= 0.3 is 0 Å². The second-order valence-corrected chi connectivity index (χ2v) is 8.63. The summed E-state index contributed by atoms with van der Waals surface area (Å²) in [6.07, 6.45) is 0.554. The minimum absolute atomic E-state index is 0.100. The van der Waals surface area contributed by atoms with Crippen LogP contribution in [-0.4, -0.2) is 61.4 Å². The fraction of sp³-hybridized carbons (Fsp3) is 0.750. The van der Waals surface area contributed by atoms with Gasteiger partial charge in [0.05, 0.1) is 23.7 Å². The Bertz CT molecular complexity index is 671. The molecule has 0 aromatic carbocycles. The van der Waals surface area contributed by atoms with Crippen molar-refractivity contribution in [1.29, 1.82) is 0 Å². The zero-order valence-electron chi connectivity index (χ0n) is 15.2. The van der Waals surface area contributed by atoms with Crippen LogP contribution < -0.4 is 5.32 Å². The standard InChI is InChI=1S/C16H27N3O5S/c1-11-9-19(10-12(2)23-11)25(21,22)8-7-17-16(20)6-5-15-13(3)18-24-14(15)4/h11-12H,5-10H2,1-4H3,(H,17,20). The Morgan fingerprint density at radius 3 is 2.48 bits per heavy atom. The molecular weight excluding hydrogens is 346 g/mol. The van der Waals surface area contributed by atoms with Crippen molar-refractivity contribution >= 4 is 15.9 Å². The number of morpholine rings is 1. The summed E-state index contributed by atoms with van der Waals surface area (Å²) in [5.74, 6) is 0.422. The van der Waals surface area contributed by atoms with Crippen LogP contribution >= 0.6 is 0 Å². The van der Waals surface area contributed by atoms with Crippen LogP contribution in [0.15, 0.2) is 4.52 Å². The number of carbonyl (C=O) groups excluding carboxylic acids is 1. The van der Waals surface area contributed by atoms with E-state index in [1.54, 1.807) is 0 Å². The van der Waals surface area contributed by atoms with Gasteiger partial charge in [-0.3, -0.25) is 4.79 Å². The zero-order valence-corrected chi connectivity index (χ0v) is 16.1. The van der Waals surface area contributed by atoms with Gasteiger partial charge in [0.1, 0.15) is 5.76 Å². The Labute approximate surface area is 148 Å². The fourth-order valence-electron chi connectivity index (χ4n) is 2.99. The Kier molecular flexibility index (Phi) is 6.59. The topological polar surface area (TPSA) is 102 Å². The lowest BCUT2D eigenvalue weighted by Crippen LogP contribution is -2.49. The van der Waals surface area contributed by atoms with Crippen LogP contribution in [0.2, 0.25) is 0 Å². The van der Waals surface area contributed by atoms with Gasteiger partial charge in [-0.1, -0.05) is 5.16 Å². The zero-order chi connectivity index (χ0) is 18.6. The first-order valence-electron chi connectivity index (χ1n) is 8.50. The molecule has 1 fully saturated rings. The Balaban J connectivity index is 1.76. The highest BCUT2D eigenvalue weighted by atomic mass is 32.2. The largest absolute Gasteiger partial charge is 0.373 e. The maximum atomic E-state index is 12.4. The maximum Gasteiger partial charge on any atom is 0.220 e. The van der Waals surface area contributed by atoms with Gasteiger partial charge in [-0.25, -0.2) is 8.42 Å². The predicted octanol–water partition coefficient (Wildman–Crippen LogP) is 0.779. The van der Waals surface area contributed by atoms with Crippen molar-refractivity contribution in [3.63, 3.8) is 0 Å². The Morgan fingerprint density at radius 2 is 1.92 bits per heavy atom. The number of nitrogens with one attached hydrogen (secondary N) is 1. The van der Waals surface area contributed by atoms with E-state index >= 15 is 0 Å². The van der Waals surface area contributed by atoms with Crippen LogP contribution in [-0.2, 0) is 26.0 Å². The number of carbonyl (C=O) groups is 1. The van der Waals surface area contributed by atoms with Gasteiger partial charge in [0, 0.05) is 31.6 Å². The van der Waals surface area contributed by atoms with Gasteiger partial charge in [0.2, 0.25) is 15.9 Å². The van der Waals surface area contributed by atoms with Crippen molar-refractivity contribution < 1.29 is 22.5 Å². The first kappa shape index (κ1) is 19.9. The lowest BCUT2D eigenvalue weighted by molar-refractivity contribution is -0.120. The average molecular weight is 373 g/mol. The third-order valence-electron chi connectivity index (χ3n) is 4.24. The summed E-state index contributed by atoms with van der Waals surface area (Å²) < 4.78 is 36.8. The minimum Gasteiger partial charge on any atom is -0.373 e. The van der Waals surface area contributed by atoms with Crippen LogP contribution in [0, 0.1) is 13.8 Å². The summed E-state index contributed by atoms with van der Waals surface area (Å²) in [7, 11) is -3.40.